The van der Waals surface area contributed by atoms with E-state index in [9.17, 15) is 12.8 Å². The largest absolute Gasteiger partial charge is 0.484 e. The van der Waals surface area contributed by atoms with E-state index in [2.05, 4.69) is 15.0 Å². The van der Waals surface area contributed by atoms with Gasteiger partial charge in [-0.2, -0.15) is 8.42 Å². The SMILES string of the molecule is COc1cnc2c(-c3nc4cc(F)c5c(c4s3)C[C@@H](COS(C)(=O)=O)O5)cc(C)cc2n1. The molecule has 0 aliphatic carbocycles. The fraction of sp³-hybridized carbons (Fsp3) is 0.286. The van der Waals surface area contributed by atoms with Gasteiger partial charge in [0.05, 0.1) is 40.8 Å². The molecule has 166 valence electrons. The highest BCUT2D eigenvalue weighted by atomic mass is 32.2. The Bertz CT molecular complexity index is 1490. The summed E-state index contributed by atoms with van der Waals surface area (Å²) in [6.45, 7) is 1.77. The predicted octanol–water partition coefficient (Wildman–Crippen LogP) is 3.64. The number of hydrogen-bond donors (Lipinski definition) is 0. The third-order valence-corrected chi connectivity index (χ3v) is 6.80. The van der Waals surface area contributed by atoms with E-state index in [4.69, 9.17) is 13.7 Å². The standard InChI is InChI=1S/C21H18FN3O5S2/c1-10-4-12(18-15(5-10)24-17(28-2)8-23-18)21-25-16-7-14(22)19-13(20(16)31-21)6-11(30-19)9-29-32(3,26)27/h4-5,7-8,11H,6,9H2,1-3H3/t11-/m0/s1. The van der Waals surface area contributed by atoms with Crippen molar-refractivity contribution in [1.82, 2.24) is 15.0 Å². The van der Waals surface area contributed by atoms with Gasteiger partial charge in [-0.15, -0.1) is 11.3 Å². The molecule has 0 amide bonds. The van der Waals surface area contributed by atoms with E-state index in [1.54, 1.807) is 6.20 Å². The first kappa shape index (κ1) is 21.0. The highest BCUT2D eigenvalue weighted by Gasteiger charge is 2.31. The van der Waals surface area contributed by atoms with E-state index < -0.39 is 22.0 Å². The minimum atomic E-state index is -3.62. The summed E-state index contributed by atoms with van der Waals surface area (Å²) in [4.78, 5) is 13.6. The summed E-state index contributed by atoms with van der Waals surface area (Å²) in [5.74, 6) is -0.00370. The Morgan fingerprint density at radius 2 is 2.06 bits per heavy atom. The zero-order chi connectivity index (χ0) is 22.6. The van der Waals surface area contributed by atoms with Crippen molar-refractivity contribution in [1.29, 1.82) is 0 Å². The fourth-order valence-electron chi connectivity index (χ4n) is 3.74. The van der Waals surface area contributed by atoms with Gasteiger partial charge in [0.2, 0.25) is 5.88 Å². The summed E-state index contributed by atoms with van der Waals surface area (Å²) in [6.07, 6.45) is 2.25. The molecule has 11 heteroatoms. The molecule has 0 spiro atoms. The molecule has 0 saturated carbocycles. The van der Waals surface area contributed by atoms with Gasteiger partial charge >= 0.3 is 0 Å². The number of fused-ring (bicyclic) bond motifs is 4. The summed E-state index contributed by atoms with van der Waals surface area (Å²) in [5, 5.41) is 0.678. The molecule has 1 aliphatic rings. The summed E-state index contributed by atoms with van der Waals surface area (Å²) >= 11 is 1.41. The van der Waals surface area contributed by atoms with Gasteiger partial charge < -0.3 is 9.47 Å². The molecule has 32 heavy (non-hydrogen) atoms. The first-order valence-electron chi connectivity index (χ1n) is 9.66. The molecular weight excluding hydrogens is 457 g/mol. The topological polar surface area (TPSA) is 101 Å². The van der Waals surface area contributed by atoms with Crippen molar-refractivity contribution in [2.24, 2.45) is 0 Å². The first-order chi connectivity index (χ1) is 15.2. The Kier molecular flexibility index (Phi) is 4.99. The van der Waals surface area contributed by atoms with Crippen molar-refractivity contribution in [2.75, 3.05) is 20.0 Å². The van der Waals surface area contributed by atoms with Crippen LogP contribution in [0, 0.1) is 12.7 Å². The minimum absolute atomic E-state index is 0.119. The van der Waals surface area contributed by atoms with Gasteiger partial charge in [-0.1, -0.05) is 0 Å². The normalized spacial score (nSPS) is 15.8. The van der Waals surface area contributed by atoms with E-state index in [0.29, 0.717) is 39.4 Å². The average Bonchev–Trinajstić information content (AvgIpc) is 3.35. The van der Waals surface area contributed by atoms with Crippen molar-refractivity contribution in [3.8, 4) is 22.2 Å². The Morgan fingerprint density at radius 1 is 1.25 bits per heavy atom. The monoisotopic (exact) mass is 475 g/mol. The molecule has 0 bridgehead atoms. The van der Waals surface area contributed by atoms with E-state index in [1.807, 2.05) is 19.1 Å². The Morgan fingerprint density at radius 3 is 2.81 bits per heavy atom. The quantitative estimate of drug-likeness (QED) is 0.403. The van der Waals surface area contributed by atoms with Crippen LogP contribution in [0.5, 0.6) is 11.6 Å². The lowest BCUT2D eigenvalue weighted by atomic mass is 10.1. The first-order valence-corrected chi connectivity index (χ1v) is 12.3. The number of methoxy groups -OCH3 is 1. The number of thiazole rings is 1. The van der Waals surface area contributed by atoms with Gasteiger partial charge in [-0.25, -0.2) is 19.3 Å². The third kappa shape index (κ3) is 3.76. The van der Waals surface area contributed by atoms with Crippen LogP contribution in [0.4, 0.5) is 4.39 Å². The molecule has 2 aromatic carbocycles. The Hall–Kier alpha value is -2.89. The molecule has 0 N–H and O–H groups in total. The molecule has 5 rings (SSSR count). The van der Waals surface area contributed by atoms with Crippen molar-refractivity contribution in [2.45, 2.75) is 19.4 Å². The van der Waals surface area contributed by atoms with Crippen molar-refractivity contribution < 1.29 is 26.5 Å². The number of aryl methyl sites for hydroxylation is 1. The number of hydrogen-bond acceptors (Lipinski definition) is 9. The second-order valence-corrected chi connectivity index (χ2v) is 10.2. The average molecular weight is 476 g/mol. The molecule has 3 heterocycles. The van der Waals surface area contributed by atoms with Crippen LogP contribution < -0.4 is 9.47 Å². The van der Waals surface area contributed by atoms with Gasteiger partial charge in [0, 0.05) is 23.6 Å². The molecule has 1 aliphatic heterocycles. The lowest BCUT2D eigenvalue weighted by Crippen LogP contribution is -2.22. The highest BCUT2D eigenvalue weighted by molar-refractivity contribution is 7.85. The van der Waals surface area contributed by atoms with Crippen LogP contribution in [0.1, 0.15) is 11.1 Å². The van der Waals surface area contributed by atoms with Crippen LogP contribution >= 0.6 is 11.3 Å². The van der Waals surface area contributed by atoms with E-state index >= 15 is 0 Å². The number of halogens is 1. The van der Waals surface area contributed by atoms with Crippen LogP contribution in [-0.4, -0.2) is 49.4 Å². The van der Waals surface area contributed by atoms with Gasteiger partial charge in [0.15, 0.2) is 11.6 Å². The van der Waals surface area contributed by atoms with Crippen LogP contribution in [0.2, 0.25) is 0 Å². The lowest BCUT2D eigenvalue weighted by Gasteiger charge is -2.09. The number of rotatable bonds is 5. The summed E-state index contributed by atoms with van der Waals surface area (Å²) in [5.41, 5.74) is 4.29. The van der Waals surface area contributed by atoms with Gasteiger partial charge in [-0.3, -0.25) is 4.18 Å². The Labute approximate surface area is 187 Å². The smallest absolute Gasteiger partial charge is 0.264 e. The third-order valence-electron chi connectivity index (χ3n) is 5.07. The van der Waals surface area contributed by atoms with E-state index in [1.165, 1.54) is 24.5 Å². The van der Waals surface area contributed by atoms with Crippen molar-refractivity contribution in [3.05, 3.63) is 41.3 Å². The zero-order valence-electron chi connectivity index (χ0n) is 17.4. The van der Waals surface area contributed by atoms with Gasteiger partial charge in [0.1, 0.15) is 17.7 Å². The number of benzene rings is 2. The molecule has 1 atom stereocenters. The molecule has 0 fully saturated rings. The molecule has 2 aromatic heterocycles. The molecule has 4 aromatic rings. The second kappa shape index (κ2) is 7.61. The highest BCUT2D eigenvalue weighted by Crippen LogP contribution is 2.43. The van der Waals surface area contributed by atoms with Crippen LogP contribution in [-0.2, 0) is 20.7 Å². The van der Waals surface area contributed by atoms with Gasteiger partial charge in [0.25, 0.3) is 10.1 Å². The van der Waals surface area contributed by atoms with Crippen molar-refractivity contribution in [3.63, 3.8) is 0 Å². The maximum absolute atomic E-state index is 14.7. The van der Waals surface area contributed by atoms with Crippen LogP contribution in [0.25, 0.3) is 31.8 Å². The molecule has 8 nitrogen and oxygen atoms in total. The number of ether oxygens (including phenoxy) is 2. The number of aromatic nitrogens is 3. The fourth-order valence-corrected chi connectivity index (χ4v) is 5.25. The summed E-state index contributed by atoms with van der Waals surface area (Å²) < 4.78 is 53.8. The summed E-state index contributed by atoms with van der Waals surface area (Å²) in [7, 11) is -2.09. The number of nitrogens with zero attached hydrogens (tertiary/aromatic N) is 3. The van der Waals surface area contributed by atoms with E-state index in [-0.39, 0.29) is 12.4 Å². The maximum atomic E-state index is 14.7. The van der Waals surface area contributed by atoms with Crippen LogP contribution in [0.3, 0.4) is 0 Å². The van der Waals surface area contributed by atoms with E-state index in [0.717, 1.165) is 22.1 Å². The molecule has 0 radical (unpaired) electrons. The van der Waals surface area contributed by atoms with Gasteiger partial charge in [-0.05, 0) is 24.6 Å². The summed E-state index contributed by atoms with van der Waals surface area (Å²) in [6, 6.07) is 5.22. The lowest BCUT2D eigenvalue weighted by molar-refractivity contribution is 0.149. The molecular formula is C21H18FN3O5S2. The van der Waals surface area contributed by atoms with Crippen molar-refractivity contribution >= 4 is 42.7 Å². The zero-order valence-corrected chi connectivity index (χ0v) is 19.0. The maximum Gasteiger partial charge on any atom is 0.264 e. The Balaban J connectivity index is 1.59. The molecule has 0 saturated heterocycles. The minimum Gasteiger partial charge on any atom is -0.484 e. The predicted molar refractivity (Wildman–Crippen MR) is 118 cm³/mol. The molecule has 0 unspecified atom stereocenters. The van der Waals surface area contributed by atoms with Crippen LogP contribution in [0.15, 0.2) is 24.4 Å². The second-order valence-electron chi connectivity index (χ2n) is 7.56.